The van der Waals surface area contributed by atoms with E-state index >= 15 is 4.39 Å². The van der Waals surface area contributed by atoms with E-state index in [2.05, 4.69) is 9.97 Å². The molecule has 2 aromatic rings. The number of aliphatic hydroxyl groups excluding tert-OH is 2. The number of aliphatic carboxylic acids is 2. The molecule has 31 heavy (non-hydrogen) atoms. The largest absolute Gasteiger partial charge is 0.481 e. The average Bonchev–Trinajstić information content (AvgIpc) is 3.09. The van der Waals surface area contributed by atoms with Gasteiger partial charge in [0, 0.05) is 13.8 Å². The Morgan fingerprint density at radius 3 is 2.13 bits per heavy atom. The molecule has 0 bridgehead atoms. The van der Waals surface area contributed by atoms with Crippen LogP contribution in [0.1, 0.15) is 13.8 Å². The number of ether oxygens (including phenoxy) is 1. The van der Waals surface area contributed by atoms with E-state index in [0.717, 1.165) is 20.2 Å². The van der Waals surface area contributed by atoms with Gasteiger partial charge >= 0.3 is 11.7 Å². The Morgan fingerprint density at radius 1 is 1.23 bits per heavy atom. The summed E-state index contributed by atoms with van der Waals surface area (Å²) in [5.74, 6) is -4.87. The average molecular weight is 491 g/mol. The smallest absolute Gasteiger partial charge is 0.327 e. The molecule has 0 amide bonds. The number of alkyl halides is 3. The summed E-state index contributed by atoms with van der Waals surface area (Å²) < 4.78 is 17.7. The first-order valence-corrected chi connectivity index (χ1v) is 8.70. The fourth-order valence-electron chi connectivity index (χ4n) is 2.34. The number of carbonyl (C=O) groups is 2. The third kappa shape index (κ3) is 6.22. The topological polar surface area (TPSA) is 228 Å². The number of hydrogen-bond acceptors (Lipinski definition) is 9. The van der Waals surface area contributed by atoms with Crippen molar-refractivity contribution in [1.82, 2.24) is 19.5 Å². The first-order valence-electron chi connectivity index (χ1n) is 7.94. The zero-order valence-electron chi connectivity index (χ0n) is 15.6. The van der Waals surface area contributed by atoms with Gasteiger partial charge in [0.25, 0.3) is 17.5 Å². The maximum Gasteiger partial charge on any atom is 0.327 e. The fraction of sp³-hybridized carbons (Fsp3) is 0.500. The Hall–Kier alpha value is -2.56. The van der Waals surface area contributed by atoms with E-state index in [1.54, 1.807) is 0 Å². The number of aromatic amines is 2. The lowest BCUT2D eigenvalue weighted by Crippen LogP contribution is -2.43. The van der Waals surface area contributed by atoms with Gasteiger partial charge in [0.05, 0.1) is 0 Å². The molecule has 4 atom stereocenters. The van der Waals surface area contributed by atoms with Crippen molar-refractivity contribution in [3.63, 3.8) is 0 Å². The highest BCUT2D eigenvalue weighted by molar-refractivity contribution is 6.47. The van der Waals surface area contributed by atoms with Crippen LogP contribution in [0.2, 0.25) is 0 Å². The predicted molar refractivity (Wildman–Crippen MR) is 100 cm³/mol. The highest BCUT2D eigenvalue weighted by atomic mass is 35.5. The number of rotatable bonds is 2. The number of hydrogen-bond donors (Lipinski definition) is 7. The Morgan fingerprint density at radius 2 is 1.71 bits per heavy atom. The predicted octanol–water partition coefficient (Wildman–Crippen LogP) is -1.58. The van der Waals surface area contributed by atoms with Gasteiger partial charge in [-0.3, -0.25) is 28.9 Å². The first kappa shape index (κ1) is 26.5. The van der Waals surface area contributed by atoms with Gasteiger partial charge in [0.15, 0.2) is 17.3 Å². The normalized spacial score (nSPS) is 25.2. The molecule has 0 aromatic carbocycles. The second kappa shape index (κ2) is 9.71. The summed E-state index contributed by atoms with van der Waals surface area (Å²) in [5.41, 5.74) is -2.62. The molecule has 0 saturated carbocycles. The van der Waals surface area contributed by atoms with Gasteiger partial charge in [-0.1, -0.05) is 23.2 Å². The molecule has 1 aliphatic heterocycles. The standard InChI is InChI=1S/C10H9Cl2FN4O6.2C2H4O2/c11-9(12,22)5-3(18)4(19)10(13,23-5)17-1-14-2-6(17)15-8(21)16-7(2)20;2*1-2(3)4/h1,3-5,18-19,22H,(H2,15,16,20,21);2*1H3,(H,3,4)/t3-,4+,5-,10-;;/m0../s1. The molecular weight excluding hydrogens is 474 g/mol. The minimum atomic E-state index is -3.20. The SMILES string of the molecule is CC(=O)O.CC(=O)O.O=c1[nH]c(=O)c2ncn([C@]3(F)O[C@H](C(O)(Cl)Cl)[C@@H](O)[C@H]3O)c2[nH]1. The van der Waals surface area contributed by atoms with E-state index in [1.807, 2.05) is 4.98 Å². The molecule has 7 N–H and O–H groups in total. The molecule has 14 nitrogen and oxygen atoms in total. The number of halogens is 3. The van der Waals surface area contributed by atoms with Gasteiger partial charge in [-0.05, 0) is 0 Å². The van der Waals surface area contributed by atoms with E-state index < -0.39 is 57.6 Å². The van der Waals surface area contributed by atoms with Crippen LogP contribution in [0.25, 0.3) is 11.2 Å². The molecule has 3 heterocycles. The van der Waals surface area contributed by atoms with Crippen molar-refractivity contribution in [2.75, 3.05) is 0 Å². The Bertz CT molecular complexity index is 1040. The lowest BCUT2D eigenvalue weighted by atomic mass is 10.1. The molecule has 0 aliphatic carbocycles. The Balaban J connectivity index is 0.000000519. The minimum Gasteiger partial charge on any atom is -0.481 e. The highest BCUT2D eigenvalue weighted by Gasteiger charge is 2.62. The molecule has 1 aliphatic rings. The van der Waals surface area contributed by atoms with Crippen molar-refractivity contribution in [3.05, 3.63) is 27.2 Å². The second-order valence-corrected chi connectivity index (χ2v) is 7.27. The van der Waals surface area contributed by atoms with E-state index in [1.165, 1.54) is 0 Å². The fourth-order valence-corrected chi connectivity index (χ4v) is 2.68. The van der Waals surface area contributed by atoms with Gasteiger partial charge in [-0.15, -0.1) is 0 Å². The Kier molecular flexibility index (Phi) is 8.30. The van der Waals surface area contributed by atoms with Gasteiger partial charge in [0.1, 0.15) is 18.5 Å². The van der Waals surface area contributed by atoms with Gasteiger partial charge in [-0.2, -0.15) is 4.39 Å². The molecule has 17 heteroatoms. The molecular formula is C14H17Cl2FN4O10. The van der Waals surface area contributed by atoms with Crippen molar-refractivity contribution in [2.45, 2.75) is 42.7 Å². The van der Waals surface area contributed by atoms with Crippen LogP contribution in [-0.2, 0) is 20.3 Å². The summed E-state index contributed by atoms with van der Waals surface area (Å²) in [6.07, 6.45) is -5.42. The van der Waals surface area contributed by atoms with E-state index in [0.29, 0.717) is 4.57 Å². The number of fused-ring (bicyclic) bond motifs is 1. The number of nitrogens with one attached hydrogen (secondary N) is 2. The molecule has 1 saturated heterocycles. The highest BCUT2D eigenvalue weighted by Crippen LogP contribution is 2.43. The van der Waals surface area contributed by atoms with E-state index in [4.69, 9.17) is 47.7 Å². The van der Waals surface area contributed by atoms with Crippen LogP contribution in [0.15, 0.2) is 15.9 Å². The number of nitrogens with zero attached hydrogens (tertiary/aromatic N) is 2. The number of carboxylic acid groups (broad SMARTS) is 2. The number of aliphatic hydroxyl groups is 3. The molecule has 0 spiro atoms. The van der Waals surface area contributed by atoms with Crippen LogP contribution in [0.3, 0.4) is 0 Å². The third-order valence-corrected chi connectivity index (χ3v) is 3.83. The molecule has 3 rings (SSSR count). The zero-order chi connectivity index (χ0) is 24.3. The Labute approximate surface area is 180 Å². The first-order chi connectivity index (χ1) is 14.0. The summed E-state index contributed by atoms with van der Waals surface area (Å²) in [6, 6.07) is 0. The van der Waals surface area contributed by atoms with Gasteiger partial charge < -0.3 is 30.3 Å². The summed E-state index contributed by atoms with van der Waals surface area (Å²) in [5, 5.41) is 44.0. The van der Waals surface area contributed by atoms with Crippen LogP contribution in [0.5, 0.6) is 0 Å². The molecule has 0 radical (unpaired) electrons. The number of H-pyrrole nitrogens is 2. The van der Waals surface area contributed by atoms with Gasteiger partial charge in [0.2, 0.25) is 4.52 Å². The van der Waals surface area contributed by atoms with E-state index in [-0.39, 0.29) is 5.52 Å². The number of carboxylic acids is 2. The quantitative estimate of drug-likeness (QED) is 0.237. The maximum atomic E-state index is 15.1. The molecule has 1 fully saturated rings. The van der Waals surface area contributed by atoms with Crippen molar-refractivity contribution >= 4 is 46.3 Å². The van der Waals surface area contributed by atoms with Crippen LogP contribution in [0, 0.1) is 0 Å². The van der Waals surface area contributed by atoms with Crippen LogP contribution >= 0.6 is 23.2 Å². The lowest BCUT2D eigenvalue weighted by molar-refractivity contribution is -0.240. The van der Waals surface area contributed by atoms with Crippen molar-refractivity contribution in [1.29, 1.82) is 0 Å². The summed E-state index contributed by atoms with van der Waals surface area (Å²) in [6.45, 7) is 2.17. The molecule has 174 valence electrons. The number of imidazole rings is 1. The van der Waals surface area contributed by atoms with Crippen LogP contribution < -0.4 is 11.2 Å². The molecule has 0 unspecified atom stereocenters. The van der Waals surface area contributed by atoms with Crippen molar-refractivity contribution in [2.24, 2.45) is 0 Å². The van der Waals surface area contributed by atoms with Gasteiger partial charge in [-0.25, -0.2) is 9.78 Å². The zero-order valence-corrected chi connectivity index (χ0v) is 17.1. The van der Waals surface area contributed by atoms with Crippen LogP contribution in [0.4, 0.5) is 4.39 Å². The lowest BCUT2D eigenvalue weighted by Gasteiger charge is -2.25. The third-order valence-electron chi connectivity index (χ3n) is 3.40. The summed E-state index contributed by atoms with van der Waals surface area (Å²) >= 11 is 10.8. The van der Waals surface area contributed by atoms with Crippen molar-refractivity contribution in [3.8, 4) is 0 Å². The maximum absolute atomic E-state index is 15.1. The second-order valence-electron chi connectivity index (χ2n) is 5.93. The minimum absolute atomic E-state index is 0.345. The monoisotopic (exact) mass is 490 g/mol. The summed E-state index contributed by atoms with van der Waals surface area (Å²) in [7, 11) is 0. The van der Waals surface area contributed by atoms with Crippen LogP contribution in [-0.4, -0.2) is 79.8 Å². The van der Waals surface area contributed by atoms with E-state index in [9.17, 15) is 24.9 Å². The number of aromatic nitrogens is 4. The summed E-state index contributed by atoms with van der Waals surface area (Å²) in [4.78, 5) is 48.5. The molecule has 2 aromatic heterocycles. The van der Waals surface area contributed by atoms with Crippen molar-refractivity contribution < 1.29 is 44.2 Å².